The van der Waals surface area contributed by atoms with Crippen LogP contribution in [0.2, 0.25) is 0 Å². The summed E-state index contributed by atoms with van der Waals surface area (Å²) in [6, 6.07) is 20.9. The summed E-state index contributed by atoms with van der Waals surface area (Å²) in [6.45, 7) is 2.13. The molecule has 1 aromatic heterocycles. The van der Waals surface area contributed by atoms with E-state index in [0.29, 0.717) is 23.8 Å². The Morgan fingerprint density at radius 1 is 0.926 bits per heavy atom. The number of carbonyl (C=O) groups is 1. The summed E-state index contributed by atoms with van der Waals surface area (Å²) >= 11 is 0. The van der Waals surface area contributed by atoms with Gasteiger partial charge in [-0.25, -0.2) is 4.98 Å². The molecule has 2 heterocycles. The van der Waals surface area contributed by atoms with Crippen LogP contribution in [-0.4, -0.2) is 28.9 Å². The maximum absolute atomic E-state index is 12.1. The molecule has 5 heteroatoms. The quantitative estimate of drug-likeness (QED) is 0.658. The van der Waals surface area contributed by atoms with Crippen LogP contribution >= 0.6 is 0 Å². The third kappa shape index (κ3) is 4.26. The van der Waals surface area contributed by atoms with E-state index in [9.17, 15) is 4.79 Å². The summed E-state index contributed by atoms with van der Waals surface area (Å²) in [5.74, 6) is 1.94. The molecule has 136 valence electrons. The third-order valence-corrected chi connectivity index (χ3v) is 4.39. The Morgan fingerprint density at radius 3 is 2.44 bits per heavy atom. The topological polar surface area (TPSA) is 51.7 Å². The second-order valence-electron chi connectivity index (χ2n) is 6.38. The van der Waals surface area contributed by atoms with E-state index in [4.69, 9.17) is 9.47 Å². The zero-order valence-corrected chi connectivity index (χ0v) is 14.9. The highest BCUT2D eigenvalue weighted by Crippen LogP contribution is 2.25. The molecule has 1 aliphatic heterocycles. The molecule has 0 spiro atoms. The highest BCUT2D eigenvalue weighted by Gasteiger charge is 2.22. The minimum absolute atomic E-state index is 0.0240. The number of amides is 1. The molecule has 0 atom stereocenters. The van der Waals surface area contributed by atoms with E-state index in [1.807, 2.05) is 54.6 Å². The van der Waals surface area contributed by atoms with Crippen molar-refractivity contribution in [2.45, 2.75) is 13.0 Å². The fraction of sp³-hybridized carbons (Fsp3) is 0.182. The van der Waals surface area contributed by atoms with Crippen molar-refractivity contribution in [2.75, 3.05) is 13.1 Å². The van der Waals surface area contributed by atoms with Crippen LogP contribution in [0, 0.1) is 0 Å². The number of ether oxygens (including phenoxy) is 2. The maximum atomic E-state index is 12.1. The van der Waals surface area contributed by atoms with Gasteiger partial charge < -0.3 is 14.4 Å². The van der Waals surface area contributed by atoms with Gasteiger partial charge in [-0.3, -0.25) is 4.79 Å². The Hall–Kier alpha value is -3.34. The van der Waals surface area contributed by atoms with Crippen LogP contribution < -0.4 is 9.47 Å². The lowest BCUT2D eigenvalue weighted by molar-refractivity contribution is 0.0645. The Balaban J connectivity index is 1.38. The SMILES string of the molecule is O=C(c1ccc(Oc2cccc(OCc3ccccc3)c2)cn1)N1CCC1. The van der Waals surface area contributed by atoms with Crippen molar-refractivity contribution >= 4 is 5.91 Å². The molecule has 0 saturated carbocycles. The maximum Gasteiger partial charge on any atom is 0.272 e. The largest absolute Gasteiger partial charge is 0.489 e. The molecule has 1 saturated heterocycles. The molecule has 0 N–H and O–H groups in total. The van der Waals surface area contributed by atoms with E-state index in [0.717, 1.165) is 30.8 Å². The molecular weight excluding hydrogens is 340 g/mol. The molecule has 0 bridgehead atoms. The standard InChI is InChI=1S/C22H20N2O3/c25-22(24-12-5-13-24)21-11-10-20(15-23-21)27-19-9-4-8-18(14-19)26-16-17-6-2-1-3-7-17/h1-4,6-11,14-15H,5,12-13,16H2. The monoisotopic (exact) mass is 360 g/mol. The fourth-order valence-electron chi connectivity index (χ4n) is 2.75. The van der Waals surface area contributed by atoms with Crippen LogP contribution in [-0.2, 0) is 6.61 Å². The second kappa shape index (κ2) is 7.91. The molecule has 0 aliphatic carbocycles. The molecule has 27 heavy (non-hydrogen) atoms. The first-order chi connectivity index (χ1) is 13.3. The van der Waals surface area contributed by atoms with Crippen LogP contribution in [0.25, 0.3) is 0 Å². The number of rotatable bonds is 6. The van der Waals surface area contributed by atoms with Gasteiger partial charge in [-0.15, -0.1) is 0 Å². The van der Waals surface area contributed by atoms with Crippen LogP contribution in [0.1, 0.15) is 22.5 Å². The minimum Gasteiger partial charge on any atom is -0.489 e. The van der Waals surface area contributed by atoms with Gasteiger partial charge in [-0.2, -0.15) is 0 Å². The number of benzene rings is 2. The Labute approximate surface area is 158 Å². The predicted molar refractivity (Wildman–Crippen MR) is 102 cm³/mol. The van der Waals surface area contributed by atoms with Gasteiger partial charge in [0.05, 0.1) is 6.20 Å². The van der Waals surface area contributed by atoms with Crippen molar-refractivity contribution < 1.29 is 14.3 Å². The van der Waals surface area contributed by atoms with Crippen molar-refractivity contribution in [3.63, 3.8) is 0 Å². The van der Waals surface area contributed by atoms with Crippen LogP contribution in [0.15, 0.2) is 72.9 Å². The van der Waals surface area contributed by atoms with Crippen LogP contribution in [0.3, 0.4) is 0 Å². The highest BCUT2D eigenvalue weighted by molar-refractivity contribution is 5.92. The zero-order chi connectivity index (χ0) is 18.5. The van der Waals surface area contributed by atoms with Gasteiger partial charge in [0.2, 0.25) is 0 Å². The van der Waals surface area contributed by atoms with Crippen molar-refractivity contribution in [3.05, 3.63) is 84.2 Å². The van der Waals surface area contributed by atoms with Gasteiger partial charge in [0, 0.05) is 19.2 Å². The summed E-state index contributed by atoms with van der Waals surface area (Å²) in [6.07, 6.45) is 2.64. The van der Waals surface area contributed by atoms with Gasteiger partial charge >= 0.3 is 0 Å². The van der Waals surface area contributed by atoms with Gasteiger partial charge in [-0.1, -0.05) is 36.4 Å². The average Bonchev–Trinajstić information content (AvgIpc) is 2.67. The molecule has 5 nitrogen and oxygen atoms in total. The molecule has 3 aromatic rings. The van der Waals surface area contributed by atoms with Crippen molar-refractivity contribution in [3.8, 4) is 17.2 Å². The van der Waals surface area contributed by atoms with Crippen molar-refractivity contribution in [1.29, 1.82) is 0 Å². The summed E-state index contributed by atoms with van der Waals surface area (Å²) < 4.78 is 11.7. The lowest BCUT2D eigenvalue weighted by Gasteiger charge is -2.30. The molecule has 4 rings (SSSR count). The number of hydrogen-bond donors (Lipinski definition) is 0. The first-order valence-electron chi connectivity index (χ1n) is 8.98. The minimum atomic E-state index is -0.0240. The smallest absolute Gasteiger partial charge is 0.272 e. The molecule has 1 aliphatic rings. The normalized spacial score (nSPS) is 13.0. The summed E-state index contributed by atoms with van der Waals surface area (Å²) in [7, 11) is 0. The molecule has 1 amide bonds. The highest BCUT2D eigenvalue weighted by atomic mass is 16.5. The van der Waals surface area contributed by atoms with E-state index in [1.54, 1.807) is 23.2 Å². The Bertz CT molecular complexity index is 906. The first kappa shape index (κ1) is 17.1. The van der Waals surface area contributed by atoms with Gasteiger partial charge in [-0.05, 0) is 36.2 Å². The number of likely N-dealkylation sites (tertiary alicyclic amines) is 1. The van der Waals surface area contributed by atoms with Crippen molar-refractivity contribution in [1.82, 2.24) is 9.88 Å². The molecule has 1 fully saturated rings. The second-order valence-corrected chi connectivity index (χ2v) is 6.38. The summed E-state index contributed by atoms with van der Waals surface area (Å²) in [5, 5.41) is 0. The van der Waals surface area contributed by atoms with Gasteiger partial charge in [0.1, 0.15) is 29.5 Å². The zero-order valence-electron chi connectivity index (χ0n) is 14.9. The van der Waals surface area contributed by atoms with Crippen molar-refractivity contribution in [2.24, 2.45) is 0 Å². The lowest BCUT2D eigenvalue weighted by atomic mass is 10.2. The van der Waals surface area contributed by atoms with Crippen LogP contribution in [0.5, 0.6) is 17.2 Å². The molecule has 0 radical (unpaired) electrons. The fourth-order valence-corrected chi connectivity index (χ4v) is 2.75. The third-order valence-electron chi connectivity index (χ3n) is 4.39. The van der Waals surface area contributed by atoms with E-state index in [2.05, 4.69) is 4.98 Å². The Morgan fingerprint density at radius 2 is 1.74 bits per heavy atom. The first-order valence-corrected chi connectivity index (χ1v) is 8.98. The van der Waals surface area contributed by atoms with Crippen LogP contribution in [0.4, 0.5) is 0 Å². The predicted octanol–water partition coefficient (Wildman–Crippen LogP) is 4.30. The van der Waals surface area contributed by atoms with E-state index < -0.39 is 0 Å². The number of hydrogen-bond acceptors (Lipinski definition) is 4. The van der Waals surface area contributed by atoms with E-state index in [1.165, 1.54) is 0 Å². The van der Waals surface area contributed by atoms with E-state index in [-0.39, 0.29) is 5.91 Å². The number of aromatic nitrogens is 1. The Kier molecular flexibility index (Phi) is 5.01. The summed E-state index contributed by atoms with van der Waals surface area (Å²) in [5.41, 5.74) is 1.55. The lowest BCUT2D eigenvalue weighted by Crippen LogP contribution is -2.42. The summed E-state index contributed by atoms with van der Waals surface area (Å²) in [4.78, 5) is 18.2. The van der Waals surface area contributed by atoms with Gasteiger partial charge in [0.25, 0.3) is 5.91 Å². The molecular formula is C22H20N2O3. The van der Waals surface area contributed by atoms with Gasteiger partial charge in [0.15, 0.2) is 0 Å². The molecule has 2 aromatic carbocycles. The number of carbonyl (C=O) groups excluding carboxylic acids is 1. The molecule has 0 unspecified atom stereocenters. The number of pyridine rings is 1. The number of nitrogens with zero attached hydrogens (tertiary/aromatic N) is 2. The van der Waals surface area contributed by atoms with E-state index >= 15 is 0 Å². The average molecular weight is 360 g/mol.